The minimum absolute atomic E-state index is 0.143. The zero-order valence-electron chi connectivity index (χ0n) is 12.5. The van der Waals surface area contributed by atoms with E-state index in [1.54, 1.807) is 0 Å². The number of nitrogens with one attached hydrogen (secondary N) is 1. The van der Waals surface area contributed by atoms with Crippen LogP contribution in [0.4, 0.5) is 0 Å². The maximum absolute atomic E-state index is 8.92. The molecule has 1 fully saturated rings. The van der Waals surface area contributed by atoms with Gasteiger partial charge in [0.05, 0.1) is 30.4 Å². The van der Waals surface area contributed by atoms with Gasteiger partial charge in [-0.1, -0.05) is 12.1 Å². The third kappa shape index (κ3) is 3.18. The summed E-state index contributed by atoms with van der Waals surface area (Å²) in [7, 11) is 1.95. The third-order valence-corrected chi connectivity index (χ3v) is 3.84. The van der Waals surface area contributed by atoms with Gasteiger partial charge in [0.25, 0.3) is 0 Å². The predicted molar refractivity (Wildman–Crippen MR) is 79.4 cm³/mol. The molecule has 1 aromatic carbocycles. The Bertz CT molecular complexity index is 462. The van der Waals surface area contributed by atoms with Gasteiger partial charge in [-0.25, -0.2) is 0 Å². The van der Waals surface area contributed by atoms with Crippen molar-refractivity contribution in [3.63, 3.8) is 0 Å². The van der Waals surface area contributed by atoms with Gasteiger partial charge in [-0.05, 0) is 38.6 Å². The number of nitriles is 1. The molecule has 1 aliphatic heterocycles. The second-order valence-corrected chi connectivity index (χ2v) is 5.48. The number of hydrogen-bond donors (Lipinski definition) is 1. The summed E-state index contributed by atoms with van der Waals surface area (Å²) in [4.78, 5) is 2.48. The average Bonchev–Trinajstić information content (AvgIpc) is 2.47. The van der Waals surface area contributed by atoms with Crippen molar-refractivity contribution in [3.05, 3.63) is 35.4 Å². The number of benzene rings is 1. The lowest BCUT2D eigenvalue weighted by Crippen LogP contribution is -2.51. The summed E-state index contributed by atoms with van der Waals surface area (Å²) in [5.41, 5.74) is 1.92. The molecule has 2 atom stereocenters. The van der Waals surface area contributed by atoms with E-state index in [1.165, 1.54) is 5.56 Å². The van der Waals surface area contributed by atoms with Crippen LogP contribution in [0.3, 0.4) is 0 Å². The van der Waals surface area contributed by atoms with Crippen LogP contribution in [0.15, 0.2) is 24.3 Å². The summed E-state index contributed by atoms with van der Waals surface area (Å²) in [6.07, 6.45) is 0.143. The van der Waals surface area contributed by atoms with Gasteiger partial charge in [0.15, 0.2) is 0 Å². The largest absolute Gasteiger partial charge is 0.374 e. The van der Waals surface area contributed by atoms with Crippen molar-refractivity contribution >= 4 is 0 Å². The smallest absolute Gasteiger partial charge is 0.0991 e. The van der Waals surface area contributed by atoms with Crippen LogP contribution in [0.5, 0.6) is 0 Å². The first-order chi connectivity index (χ1) is 9.67. The predicted octanol–water partition coefficient (Wildman–Crippen LogP) is 1.93. The molecule has 2 unspecified atom stereocenters. The zero-order valence-corrected chi connectivity index (χ0v) is 12.5. The molecule has 20 heavy (non-hydrogen) atoms. The van der Waals surface area contributed by atoms with Crippen molar-refractivity contribution in [2.24, 2.45) is 0 Å². The molecule has 0 aromatic heterocycles. The highest BCUT2D eigenvalue weighted by Gasteiger charge is 2.34. The molecule has 0 saturated carbocycles. The van der Waals surface area contributed by atoms with Crippen LogP contribution in [0.1, 0.15) is 31.0 Å². The van der Waals surface area contributed by atoms with Gasteiger partial charge in [-0.15, -0.1) is 0 Å². The molecule has 2 rings (SSSR count). The zero-order chi connectivity index (χ0) is 14.5. The topological polar surface area (TPSA) is 48.3 Å². The highest BCUT2D eigenvalue weighted by molar-refractivity contribution is 5.33. The van der Waals surface area contributed by atoms with Gasteiger partial charge in [0, 0.05) is 19.1 Å². The minimum Gasteiger partial charge on any atom is -0.374 e. The minimum atomic E-state index is 0.143. The molecule has 1 heterocycles. The van der Waals surface area contributed by atoms with E-state index in [-0.39, 0.29) is 12.1 Å². The second-order valence-electron chi connectivity index (χ2n) is 5.48. The molecule has 0 spiro atoms. The highest BCUT2D eigenvalue weighted by Crippen LogP contribution is 2.31. The monoisotopic (exact) mass is 273 g/mol. The van der Waals surface area contributed by atoms with Gasteiger partial charge < -0.3 is 10.1 Å². The van der Waals surface area contributed by atoms with Gasteiger partial charge in [0.2, 0.25) is 0 Å². The van der Waals surface area contributed by atoms with Crippen LogP contribution in [0.25, 0.3) is 0 Å². The fourth-order valence-electron chi connectivity index (χ4n) is 2.87. The van der Waals surface area contributed by atoms with Crippen molar-refractivity contribution in [2.45, 2.75) is 32.0 Å². The van der Waals surface area contributed by atoms with Crippen LogP contribution in [0.2, 0.25) is 0 Å². The molecule has 0 aliphatic carbocycles. The first kappa shape index (κ1) is 15.0. The Labute approximate surface area is 121 Å². The fraction of sp³-hybridized carbons (Fsp3) is 0.562. The van der Waals surface area contributed by atoms with E-state index in [0.29, 0.717) is 11.6 Å². The fourth-order valence-corrected chi connectivity index (χ4v) is 2.87. The molecule has 1 saturated heterocycles. The number of morpholine rings is 1. The van der Waals surface area contributed by atoms with Crippen molar-refractivity contribution in [1.82, 2.24) is 10.2 Å². The van der Waals surface area contributed by atoms with Crippen LogP contribution in [0, 0.1) is 11.3 Å². The van der Waals surface area contributed by atoms with E-state index in [2.05, 4.69) is 42.3 Å². The molecule has 1 aromatic rings. The van der Waals surface area contributed by atoms with Gasteiger partial charge in [-0.2, -0.15) is 5.26 Å². The number of rotatable bonds is 4. The van der Waals surface area contributed by atoms with E-state index in [9.17, 15) is 0 Å². The van der Waals surface area contributed by atoms with E-state index in [0.717, 1.165) is 19.7 Å². The Balaban J connectivity index is 2.30. The van der Waals surface area contributed by atoms with Gasteiger partial charge in [-0.3, -0.25) is 4.90 Å². The molecular weight excluding hydrogens is 250 g/mol. The SMILES string of the molecule is CNCC1OCCN(C(C)C)C1c1ccc(C#N)cc1. The molecule has 0 radical (unpaired) electrons. The van der Waals surface area contributed by atoms with E-state index in [4.69, 9.17) is 10.00 Å². The first-order valence-corrected chi connectivity index (χ1v) is 7.19. The Kier molecular flexibility index (Phi) is 5.13. The van der Waals surface area contributed by atoms with Crippen LogP contribution in [-0.2, 0) is 4.74 Å². The van der Waals surface area contributed by atoms with Crippen molar-refractivity contribution in [1.29, 1.82) is 5.26 Å². The lowest BCUT2D eigenvalue weighted by atomic mass is 9.95. The van der Waals surface area contributed by atoms with Crippen LogP contribution >= 0.6 is 0 Å². The average molecular weight is 273 g/mol. The summed E-state index contributed by atoms with van der Waals surface area (Å²) in [6, 6.07) is 10.8. The van der Waals surface area contributed by atoms with Gasteiger partial charge in [0.1, 0.15) is 0 Å². The lowest BCUT2D eigenvalue weighted by Gasteiger charge is -2.43. The Morgan fingerprint density at radius 3 is 2.65 bits per heavy atom. The quantitative estimate of drug-likeness (QED) is 0.910. The molecular formula is C16H23N3O. The maximum Gasteiger partial charge on any atom is 0.0991 e. The summed E-state index contributed by atoms with van der Waals surface area (Å²) in [5, 5.41) is 12.1. The highest BCUT2D eigenvalue weighted by atomic mass is 16.5. The number of ether oxygens (including phenoxy) is 1. The van der Waals surface area contributed by atoms with Crippen molar-refractivity contribution in [2.75, 3.05) is 26.7 Å². The summed E-state index contributed by atoms with van der Waals surface area (Å²) in [6.45, 7) is 6.99. The molecule has 4 heteroatoms. The maximum atomic E-state index is 8.92. The first-order valence-electron chi connectivity index (χ1n) is 7.19. The Morgan fingerprint density at radius 1 is 1.40 bits per heavy atom. The third-order valence-electron chi connectivity index (χ3n) is 3.84. The summed E-state index contributed by atoms with van der Waals surface area (Å²) in [5.74, 6) is 0. The number of hydrogen-bond acceptors (Lipinski definition) is 4. The van der Waals surface area contributed by atoms with E-state index in [1.807, 2.05) is 19.2 Å². The lowest BCUT2D eigenvalue weighted by molar-refractivity contribution is -0.0815. The van der Waals surface area contributed by atoms with E-state index >= 15 is 0 Å². The Morgan fingerprint density at radius 2 is 2.10 bits per heavy atom. The molecule has 0 bridgehead atoms. The molecule has 4 nitrogen and oxygen atoms in total. The van der Waals surface area contributed by atoms with Gasteiger partial charge >= 0.3 is 0 Å². The Hall–Kier alpha value is -1.41. The van der Waals surface area contributed by atoms with Crippen LogP contribution in [-0.4, -0.2) is 43.8 Å². The molecule has 0 amide bonds. The summed E-state index contributed by atoms with van der Waals surface area (Å²) >= 11 is 0. The standard InChI is InChI=1S/C16H23N3O/c1-12(2)19-8-9-20-15(11-18-3)16(19)14-6-4-13(10-17)5-7-14/h4-7,12,15-16,18H,8-9,11H2,1-3H3. The number of likely N-dealkylation sites (N-methyl/N-ethyl adjacent to an activating group) is 1. The molecule has 108 valence electrons. The van der Waals surface area contributed by atoms with Crippen LogP contribution < -0.4 is 5.32 Å². The molecule has 1 N–H and O–H groups in total. The van der Waals surface area contributed by atoms with E-state index < -0.39 is 0 Å². The molecule has 1 aliphatic rings. The van der Waals surface area contributed by atoms with Crippen molar-refractivity contribution in [3.8, 4) is 6.07 Å². The normalized spacial score (nSPS) is 23.8. The number of nitrogens with zero attached hydrogens (tertiary/aromatic N) is 2. The second kappa shape index (κ2) is 6.85. The summed E-state index contributed by atoms with van der Waals surface area (Å²) < 4.78 is 5.95. The van der Waals surface area contributed by atoms with Crippen molar-refractivity contribution < 1.29 is 4.74 Å².